The average Bonchev–Trinajstić information content (AvgIpc) is 2.97. The van der Waals surface area contributed by atoms with E-state index in [1.165, 1.54) is 17.0 Å². The molecule has 4 heteroatoms. The second-order valence-electron chi connectivity index (χ2n) is 4.33. The Morgan fingerprint density at radius 1 is 1.00 bits per heavy atom. The summed E-state index contributed by atoms with van der Waals surface area (Å²) >= 11 is 1.71. The lowest BCUT2D eigenvalue weighted by atomic mass is 10.2. The van der Waals surface area contributed by atoms with Crippen LogP contribution in [0.3, 0.4) is 0 Å². The molecule has 0 spiro atoms. The Morgan fingerprint density at radius 2 is 1.70 bits per heavy atom. The van der Waals surface area contributed by atoms with Crippen molar-refractivity contribution >= 4 is 11.8 Å². The minimum Gasteiger partial charge on any atom is -0.300 e. The third-order valence-corrected chi connectivity index (χ3v) is 3.84. The molecule has 0 radical (unpaired) electrons. The van der Waals surface area contributed by atoms with Crippen LogP contribution in [0, 0.1) is 5.82 Å². The molecule has 3 rings (SSSR count). The molecule has 0 bridgehead atoms. The molecule has 0 aliphatic heterocycles. The minimum atomic E-state index is -0.240. The van der Waals surface area contributed by atoms with Gasteiger partial charge in [-0.15, -0.1) is 11.8 Å². The van der Waals surface area contributed by atoms with Crippen molar-refractivity contribution in [1.82, 2.24) is 9.55 Å². The molecule has 20 heavy (non-hydrogen) atoms. The highest BCUT2D eigenvalue weighted by atomic mass is 32.2. The topological polar surface area (TPSA) is 17.8 Å². The van der Waals surface area contributed by atoms with Gasteiger partial charge in [0.1, 0.15) is 11.6 Å². The number of hydrogen-bond donors (Lipinski definition) is 0. The quantitative estimate of drug-likeness (QED) is 0.663. The van der Waals surface area contributed by atoms with Crippen molar-refractivity contribution in [2.24, 2.45) is 0 Å². The Bertz CT molecular complexity index is 702. The number of imidazole rings is 1. The zero-order valence-corrected chi connectivity index (χ0v) is 11.8. The van der Waals surface area contributed by atoms with Crippen LogP contribution in [0.5, 0.6) is 0 Å². The maximum absolute atomic E-state index is 13.0. The number of hydrogen-bond acceptors (Lipinski definition) is 2. The van der Waals surface area contributed by atoms with Crippen LogP contribution in [0.4, 0.5) is 4.39 Å². The van der Waals surface area contributed by atoms with E-state index >= 15 is 0 Å². The van der Waals surface area contributed by atoms with Gasteiger partial charge in [0.2, 0.25) is 0 Å². The summed E-state index contributed by atoms with van der Waals surface area (Å²) in [5.74, 6) is 0.568. The van der Waals surface area contributed by atoms with Crippen molar-refractivity contribution in [2.75, 3.05) is 6.26 Å². The molecule has 2 nitrogen and oxygen atoms in total. The van der Waals surface area contributed by atoms with E-state index in [1.54, 1.807) is 30.1 Å². The predicted molar refractivity (Wildman–Crippen MR) is 80.7 cm³/mol. The number of benzene rings is 2. The summed E-state index contributed by atoms with van der Waals surface area (Å²) in [6.07, 6.45) is 5.71. The molecule has 0 saturated carbocycles. The Balaban J connectivity index is 2.02. The molecular weight excluding hydrogens is 271 g/mol. The predicted octanol–water partition coefficient (Wildman–Crippen LogP) is 4.40. The molecule has 0 fully saturated rings. The molecule has 0 aliphatic carbocycles. The largest absolute Gasteiger partial charge is 0.300 e. The Kier molecular flexibility index (Phi) is 3.56. The lowest BCUT2D eigenvalue weighted by Gasteiger charge is -2.08. The van der Waals surface area contributed by atoms with Crippen molar-refractivity contribution in [3.8, 4) is 17.1 Å². The van der Waals surface area contributed by atoms with Crippen LogP contribution in [0.25, 0.3) is 17.1 Å². The lowest BCUT2D eigenvalue weighted by molar-refractivity contribution is 0.628. The number of halogens is 1. The van der Waals surface area contributed by atoms with Crippen LogP contribution in [-0.2, 0) is 0 Å². The van der Waals surface area contributed by atoms with Gasteiger partial charge in [-0.05, 0) is 54.8 Å². The Morgan fingerprint density at radius 3 is 2.35 bits per heavy atom. The summed E-state index contributed by atoms with van der Waals surface area (Å²) in [4.78, 5) is 5.59. The van der Waals surface area contributed by atoms with Crippen LogP contribution < -0.4 is 0 Å². The standard InChI is InChI=1S/C16H13FN2S/c1-20-15-8-6-14(7-9-15)19-11-10-18-16(19)12-2-4-13(17)5-3-12/h2-11H,1H3. The molecule has 0 atom stereocenters. The lowest BCUT2D eigenvalue weighted by Crippen LogP contribution is -1.96. The van der Waals surface area contributed by atoms with Crippen LogP contribution in [0.15, 0.2) is 65.8 Å². The molecule has 2 aromatic carbocycles. The Hall–Kier alpha value is -2.07. The second kappa shape index (κ2) is 5.51. The van der Waals surface area contributed by atoms with Gasteiger partial charge in [0, 0.05) is 28.5 Å². The first kappa shape index (κ1) is 12.9. The molecule has 100 valence electrons. The van der Waals surface area contributed by atoms with Gasteiger partial charge >= 0.3 is 0 Å². The van der Waals surface area contributed by atoms with Crippen LogP contribution >= 0.6 is 11.8 Å². The zero-order valence-electron chi connectivity index (χ0n) is 11.0. The van der Waals surface area contributed by atoms with Crippen molar-refractivity contribution in [3.63, 3.8) is 0 Å². The SMILES string of the molecule is CSc1ccc(-n2ccnc2-c2ccc(F)cc2)cc1. The van der Waals surface area contributed by atoms with Crippen LogP contribution in [-0.4, -0.2) is 15.8 Å². The third-order valence-electron chi connectivity index (χ3n) is 3.09. The summed E-state index contributed by atoms with van der Waals surface area (Å²) in [5.41, 5.74) is 1.94. The number of rotatable bonds is 3. The first-order chi connectivity index (χ1) is 9.78. The van der Waals surface area contributed by atoms with Gasteiger partial charge in [0.25, 0.3) is 0 Å². The fourth-order valence-corrected chi connectivity index (χ4v) is 2.48. The van der Waals surface area contributed by atoms with E-state index in [2.05, 4.69) is 35.5 Å². The van der Waals surface area contributed by atoms with E-state index in [0.29, 0.717) is 0 Å². The van der Waals surface area contributed by atoms with Gasteiger partial charge in [-0.1, -0.05) is 0 Å². The fraction of sp³-hybridized carbons (Fsp3) is 0.0625. The van der Waals surface area contributed by atoms with Crippen molar-refractivity contribution in [2.45, 2.75) is 4.90 Å². The molecule has 1 heterocycles. The van der Waals surface area contributed by atoms with Crippen molar-refractivity contribution < 1.29 is 4.39 Å². The summed E-state index contributed by atoms with van der Waals surface area (Å²) in [5, 5.41) is 0. The van der Waals surface area contributed by atoms with Gasteiger partial charge < -0.3 is 0 Å². The van der Waals surface area contributed by atoms with Crippen LogP contribution in [0.2, 0.25) is 0 Å². The number of nitrogens with zero attached hydrogens (tertiary/aromatic N) is 2. The van der Waals surface area contributed by atoms with E-state index in [-0.39, 0.29) is 5.82 Å². The molecule has 3 aromatic rings. The summed E-state index contributed by atoms with van der Waals surface area (Å²) < 4.78 is 15.0. The minimum absolute atomic E-state index is 0.240. The van der Waals surface area contributed by atoms with Gasteiger partial charge in [0.05, 0.1) is 0 Å². The molecule has 0 aliphatic rings. The molecule has 0 saturated heterocycles. The van der Waals surface area contributed by atoms with E-state index in [0.717, 1.165) is 17.1 Å². The van der Waals surface area contributed by atoms with E-state index in [9.17, 15) is 4.39 Å². The summed E-state index contributed by atoms with van der Waals surface area (Å²) in [6, 6.07) is 14.6. The summed E-state index contributed by atoms with van der Waals surface area (Å²) in [6.45, 7) is 0. The van der Waals surface area contributed by atoms with E-state index < -0.39 is 0 Å². The normalized spacial score (nSPS) is 10.7. The van der Waals surface area contributed by atoms with E-state index in [1.807, 2.05) is 10.8 Å². The monoisotopic (exact) mass is 284 g/mol. The third kappa shape index (κ3) is 2.47. The summed E-state index contributed by atoms with van der Waals surface area (Å²) in [7, 11) is 0. The zero-order chi connectivity index (χ0) is 13.9. The first-order valence-electron chi connectivity index (χ1n) is 6.21. The molecular formula is C16H13FN2S. The smallest absolute Gasteiger partial charge is 0.144 e. The Labute approximate surface area is 121 Å². The van der Waals surface area contributed by atoms with Gasteiger partial charge in [-0.25, -0.2) is 9.37 Å². The van der Waals surface area contributed by atoms with Gasteiger partial charge in [-0.3, -0.25) is 4.57 Å². The first-order valence-corrected chi connectivity index (χ1v) is 7.44. The highest BCUT2D eigenvalue weighted by Crippen LogP contribution is 2.23. The second-order valence-corrected chi connectivity index (χ2v) is 5.21. The molecule has 0 N–H and O–H groups in total. The average molecular weight is 284 g/mol. The fourth-order valence-electron chi connectivity index (χ4n) is 2.07. The maximum atomic E-state index is 13.0. The van der Waals surface area contributed by atoms with Crippen molar-refractivity contribution in [3.05, 3.63) is 66.7 Å². The van der Waals surface area contributed by atoms with Crippen LogP contribution in [0.1, 0.15) is 0 Å². The van der Waals surface area contributed by atoms with E-state index in [4.69, 9.17) is 0 Å². The molecule has 1 aromatic heterocycles. The van der Waals surface area contributed by atoms with Crippen molar-refractivity contribution in [1.29, 1.82) is 0 Å². The van der Waals surface area contributed by atoms with Gasteiger partial charge in [-0.2, -0.15) is 0 Å². The molecule has 0 unspecified atom stereocenters. The molecule has 0 amide bonds. The van der Waals surface area contributed by atoms with Gasteiger partial charge in [0.15, 0.2) is 0 Å². The maximum Gasteiger partial charge on any atom is 0.144 e. The highest BCUT2D eigenvalue weighted by Gasteiger charge is 2.07. The number of thioether (sulfide) groups is 1. The highest BCUT2D eigenvalue weighted by molar-refractivity contribution is 7.98. The number of aromatic nitrogens is 2.